The van der Waals surface area contributed by atoms with Gasteiger partial charge < -0.3 is 9.84 Å². The summed E-state index contributed by atoms with van der Waals surface area (Å²) in [4.78, 5) is -0.762. The number of aromatic hydroxyl groups is 1. The largest absolute Gasteiger partial charge is 0.573 e. The number of ether oxygens (including phenoxy) is 1. The van der Waals surface area contributed by atoms with Crippen LogP contribution in [0.1, 0.15) is 0 Å². The minimum Gasteiger partial charge on any atom is -0.506 e. The maximum atomic E-state index is 12.5. The second kappa shape index (κ2) is 6.69. The number of sulfonamides is 1. The van der Waals surface area contributed by atoms with E-state index in [1.165, 1.54) is 12.1 Å². The van der Waals surface area contributed by atoms with Crippen molar-refractivity contribution in [3.8, 4) is 11.5 Å². The van der Waals surface area contributed by atoms with Crippen molar-refractivity contribution < 1.29 is 31.4 Å². The van der Waals surface area contributed by atoms with Crippen molar-refractivity contribution in [3.05, 3.63) is 45.9 Å². The van der Waals surface area contributed by atoms with E-state index in [9.17, 15) is 26.7 Å². The molecule has 0 aliphatic carbocycles. The molecule has 0 saturated heterocycles. The average molecular weight is 447 g/mol. The lowest BCUT2D eigenvalue weighted by Gasteiger charge is -2.15. The molecule has 0 spiro atoms. The van der Waals surface area contributed by atoms with Gasteiger partial charge in [-0.2, -0.15) is 0 Å². The molecule has 2 aromatic rings. The van der Waals surface area contributed by atoms with Gasteiger partial charge in [0.15, 0.2) is 5.75 Å². The van der Waals surface area contributed by atoms with E-state index in [4.69, 9.17) is 11.6 Å². The van der Waals surface area contributed by atoms with Crippen LogP contribution in [0.2, 0.25) is 5.02 Å². The molecular weight excluding hydrogens is 439 g/mol. The smallest absolute Gasteiger partial charge is 0.506 e. The molecule has 0 saturated carbocycles. The number of rotatable bonds is 4. The standard InChI is InChI=1S/C13H8BrClF3NO4S/c14-7-1-4-12(11(5-7)23-13(16,17)18)24(21,22)19-9-6-8(15)2-3-10(9)20/h1-6,19-20H. The minimum absolute atomic E-state index is 0.119. The SMILES string of the molecule is O=S(=O)(Nc1cc(Cl)ccc1O)c1ccc(Br)cc1OC(F)(F)F. The first kappa shape index (κ1) is 18.7. The van der Waals surface area contributed by atoms with Gasteiger partial charge in [-0.3, -0.25) is 4.72 Å². The Bertz CT molecular complexity index is 874. The van der Waals surface area contributed by atoms with Crippen molar-refractivity contribution in [3.63, 3.8) is 0 Å². The topological polar surface area (TPSA) is 75.6 Å². The van der Waals surface area contributed by atoms with Crippen LogP contribution in [-0.2, 0) is 10.0 Å². The van der Waals surface area contributed by atoms with Crippen molar-refractivity contribution in [2.45, 2.75) is 11.3 Å². The highest BCUT2D eigenvalue weighted by Crippen LogP contribution is 2.35. The fraction of sp³-hybridized carbons (Fsp3) is 0.0769. The van der Waals surface area contributed by atoms with Gasteiger partial charge in [0, 0.05) is 9.50 Å². The van der Waals surface area contributed by atoms with Gasteiger partial charge in [-0.05, 0) is 36.4 Å². The Morgan fingerprint density at radius 1 is 1.17 bits per heavy atom. The Labute approximate surface area is 148 Å². The van der Waals surface area contributed by atoms with Gasteiger partial charge in [0.2, 0.25) is 0 Å². The number of phenolic OH excluding ortho intramolecular Hbond substituents is 1. The molecule has 2 rings (SSSR count). The van der Waals surface area contributed by atoms with Gasteiger partial charge in [-0.15, -0.1) is 13.2 Å². The molecule has 0 unspecified atom stereocenters. The minimum atomic E-state index is -5.08. The molecule has 0 amide bonds. The molecule has 24 heavy (non-hydrogen) atoms. The van der Waals surface area contributed by atoms with E-state index in [0.29, 0.717) is 0 Å². The Hall–Kier alpha value is -1.65. The Balaban J connectivity index is 2.47. The zero-order valence-electron chi connectivity index (χ0n) is 11.4. The second-order valence-electron chi connectivity index (χ2n) is 4.41. The van der Waals surface area contributed by atoms with Gasteiger partial charge in [-0.25, -0.2) is 8.42 Å². The summed E-state index contributed by atoms with van der Waals surface area (Å²) in [6.45, 7) is 0. The van der Waals surface area contributed by atoms with Crippen LogP contribution in [0.5, 0.6) is 11.5 Å². The van der Waals surface area contributed by atoms with Crippen molar-refractivity contribution in [1.82, 2.24) is 0 Å². The third kappa shape index (κ3) is 4.68. The fourth-order valence-electron chi connectivity index (χ4n) is 1.70. The molecule has 0 atom stereocenters. The van der Waals surface area contributed by atoms with E-state index in [1.54, 1.807) is 0 Å². The van der Waals surface area contributed by atoms with E-state index in [2.05, 4.69) is 20.7 Å². The van der Waals surface area contributed by atoms with Crippen LogP contribution in [0.15, 0.2) is 45.8 Å². The van der Waals surface area contributed by atoms with E-state index in [0.717, 1.165) is 24.3 Å². The molecule has 2 aromatic carbocycles. The first-order valence-corrected chi connectivity index (χ1v) is 8.70. The summed E-state index contributed by atoms with van der Waals surface area (Å²) in [5.74, 6) is -1.37. The van der Waals surface area contributed by atoms with Gasteiger partial charge in [0.25, 0.3) is 10.0 Å². The molecular formula is C13H8BrClF3NO4S. The maximum absolute atomic E-state index is 12.5. The zero-order valence-corrected chi connectivity index (χ0v) is 14.6. The van der Waals surface area contributed by atoms with Crippen molar-refractivity contribution in [1.29, 1.82) is 0 Å². The molecule has 0 aliphatic heterocycles. The van der Waals surface area contributed by atoms with Crippen LogP contribution >= 0.6 is 27.5 Å². The highest BCUT2D eigenvalue weighted by atomic mass is 79.9. The monoisotopic (exact) mass is 445 g/mol. The Morgan fingerprint density at radius 2 is 1.83 bits per heavy atom. The number of halogens is 5. The quantitative estimate of drug-likeness (QED) is 0.678. The van der Waals surface area contributed by atoms with Crippen LogP contribution < -0.4 is 9.46 Å². The molecule has 0 heterocycles. The predicted octanol–water partition coefficient (Wildman–Crippen LogP) is 4.51. The third-order valence-corrected chi connectivity index (χ3v) is 4.76. The maximum Gasteiger partial charge on any atom is 0.573 e. The lowest BCUT2D eigenvalue weighted by molar-refractivity contribution is -0.275. The van der Waals surface area contributed by atoms with Crippen LogP contribution in [0.4, 0.5) is 18.9 Å². The second-order valence-corrected chi connectivity index (χ2v) is 7.41. The molecule has 0 aromatic heterocycles. The lowest BCUT2D eigenvalue weighted by atomic mass is 10.3. The summed E-state index contributed by atoms with van der Waals surface area (Å²) in [6, 6.07) is 6.57. The highest BCUT2D eigenvalue weighted by molar-refractivity contribution is 9.10. The Morgan fingerprint density at radius 3 is 2.46 bits per heavy atom. The molecule has 5 nitrogen and oxygen atoms in total. The molecule has 11 heteroatoms. The van der Waals surface area contributed by atoms with Crippen LogP contribution in [0.3, 0.4) is 0 Å². The van der Waals surface area contributed by atoms with Gasteiger partial charge in [-0.1, -0.05) is 27.5 Å². The van der Waals surface area contributed by atoms with Crippen molar-refractivity contribution in [2.75, 3.05) is 4.72 Å². The van der Waals surface area contributed by atoms with E-state index in [-0.39, 0.29) is 15.2 Å². The zero-order chi connectivity index (χ0) is 18.1. The number of phenols is 1. The first-order chi connectivity index (χ1) is 11.0. The van der Waals surface area contributed by atoms with Gasteiger partial charge in [0.05, 0.1) is 5.69 Å². The van der Waals surface area contributed by atoms with E-state index in [1.807, 2.05) is 4.72 Å². The summed E-state index contributed by atoms with van der Waals surface area (Å²) in [7, 11) is -4.49. The van der Waals surface area contributed by atoms with Crippen LogP contribution in [0, 0.1) is 0 Å². The molecule has 0 radical (unpaired) electrons. The number of hydrogen-bond acceptors (Lipinski definition) is 4. The lowest BCUT2D eigenvalue weighted by Crippen LogP contribution is -2.21. The first-order valence-electron chi connectivity index (χ1n) is 6.04. The fourth-order valence-corrected chi connectivity index (χ4v) is 3.39. The van der Waals surface area contributed by atoms with Crippen LogP contribution in [0.25, 0.3) is 0 Å². The number of nitrogens with one attached hydrogen (secondary N) is 1. The molecule has 0 fully saturated rings. The van der Waals surface area contributed by atoms with Gasteiger partial charge >= 0.3 is 6.36 Å². The van der Waals surface area contributed by atoms with Crippen molar-refractivity contribution >= 4 is 43.2 Å². The summed E-state index contributed by atoms with van der Waals surface area (Å²) in [5, 5.41) is 9.76. The van der Waals surface area contributed by atoms with E-state index >= 15 is 0 Å². The highest BCUT2D eigenvalue weighted by Gasteiger charge is 2.34. The number of alkyl halides is 3. The average Bonchev–Trinajstić information content (AvgIpc) is 2.40. The van der Waals surface area contributed by atoms with Gasteiger partial charge in [0.1, 0.15) is 10.6 Å². The summed E-state index contributed by atoms with van der Waals surface area (Å²) >= 11 is 8.64. The summed E-state index contributed by atoms with van der Waals surface area (Å²) in [6.07, 6.45) is -5.08. The molecule has 0 aliphatic rings. The van der Waals surface area contributed by atoms with E-state index < -0.39 is 32.8 Å². The Kier molecular flexibility index (Phi) is 5.21. The summed E-state index contributed by atoms with van der Waals surface area (Å²) in [5.41, 5.74) is -0.289. The number of benzene rings is 2. The normalized spacial score (nSPS) is 12.0. The molecule has 2 N–H and O–H groups in total. The molecule has 130 valence electrons. The van der Waals surface area contributed by atoms with Crippen LogP contribution in [-0.4, -0.2) is 19.9 Å². The molecule has 0 bridgehead atoms. The third-order valence-electron chi connectivity index (χ3n) is 2.62. The summed E-state index contributed by atoms with van der Waals surface area (Å²) < 4.78 is 68.0. The number of anilines is 1. The number of hydrogen-bond donors (Lipinski definition) is 2. The van der Waals surface area contributed by atoms with Crippen molar-refractivity contribution in [2.24, 2.45) is 0 Å². The predicted molar refractivity (Wildman–Crippen MR) is 84.8 cm³/mol.